The highest BCUT2D eigenvalue weighted by Gasteiger charge is 2.40. The van der Waals surface area contributed by atoms with Crippen LogP contribution < -0.4 is 5.73 Å². The number of hydrogen-bond donors (Lipinski definition) is 1. The summed E-state index contributed by atoms with van der Waals surface area (Å²) in [7, 11) is -3.99. The van der Waals surface area contributed by atoms with E-state index < -0.39 is 27.2 Å². The second kappa shape index (κ2) is 5.75. The Morgan fingerprint density at radius 3 is 2.43 bits per heavy atom. The minimum Gasteiger partial charge on any atom is -0.327 e. The standard InChI is InChI=1S/C15H21F3N2O2S/c1-10-4-5-11(15(16,17)18)8-12(10)23(21,22)20-7-6-13(19)14(2,3)9-20/h4-5,8,13H,6-7,9,19H2,1-3H3. The van der Waals surface area contributed by atoms with Crippen LogP contribution in [0.2, 0.25) is 0 Å². The molecule has 1 atom stereocenters. The van der Waals surface area contributed by atoms with Crippen LogP contribution in [-0.2, 0) is 16.2 Å². The van der Waals surface area contributed by atoms with Gasteiger partial charge in [-0.25, -0.2) is 8.42 Å². The lowest BCUT2D eigenvalue weighted by atomic mass is 9.81. The van der Waals surface area contributed by atoms with E-state index in [2.05, 4.69) is 0 Å². The van der Waals surface area contributed by atoms with Gasteiger partial charge in [0.05, 0.1) is 10.5 Å². The summed E-state index contributed by atoms with van der Waals surface area (Å²) in [5, 5.41) is 0. The quantitative estimate of drug-likeness (QED) is 0.892. The number of sulfonamides is 1. The van der Waals surface area contributed by atoms with Crippen molar-refractivity contribution in [2.24, 2.45) is 11.1 Å². The van der Waals surface area contributed by atoms with Crippen LogP contribution in [0.15, 0.2) is 23.1 Å². The van der Waals surface area contributed by atoms with Crippen molar-refractivity contribution in [1.29, 1.82) is 0 Å². The topological polar surface area (TPSA) is 63.4 Å². The van der Waals surface area contributed by atoms with E-state index >= 15 is 0 Å². The molecule has 1 saturated heterocycles. The van der Waals surface area contributed by atoms with Crippen molar-refractivity contribution in [1.82, 2.24) is 4.31 Å². The molecule has 2 N–H and O–H groups in total. The molecule has 1 fully saturated rings. The zero-order chi connectivity index (χ0) is 17.6. The van der Waals surface area contributed by atoms with Crippen LogP contribution >= 0.6 is 0 Å². The van der Waals surface area contributed by atoms with Gasteiger partial charge in [0.1, 0.15) is 0 Å². The van der Waals surface area contributed by atoms with E-state index in [4.69, 9.17) is 5.73 Å². The molecule has 0 bridgehead atoms. The number of halogens is 3. The second-order valence-corrected chi connectivity index (χ2v) is 8.61. The molecule has 130 valence electrons. The van der Waals surface area contributed by atoms with Crippen LogP contribution in [0.5, 0.6) is 0 Å². The molecule has 0 spiro atoms. The van der Waals surface area contributed by atoms with Crippen molar-refractivity contribution in [2.75, 3.05) is 13.1 Å². The average molecular weight is 350 g/mol. The molecule has 1 aromatic rings. The van der Waals surface area contributed by atoms with Gasteiger partial charge in [0.25, 0.3) is 0 Å². The maximum absolute atomic E-state index is 12.9. The molecular weight excluding hydrogens is 329 g/mol. The lowest BCUT2D eigenvalue weighted by Crippen LogP contribution is -2.53. The summed E-state index contributed by atoms with van der Waals surface area (Å²) in [6, 6.07) is 2.66. The summed E-state index contributed by atoms with van der Waals surface area (Å²) in [5.41, 5.74) is 4.90. The predicted molar refractivity (Wildman–Crippen MR) is 81.3 cm³/mol. The van der Waals surface area contributed by atoms with Gasteiger partial charge in [-0.1, -0.05) is 19.9 Å². The van der Waals surface area contributed by atoms with Gasteiger partial charge in [-0.05, 0) is 36.5 Å². The van der Waals surface area contributed by atoms with E-state index in [1.54, 1.807) is 0 Å². The number of alkyl halides is 3. The third-order valence-corrected chi connectivity index (χ3v) is 6.40. The summed E-state index contributed by atoms with van der Waals surface area (Å²) in [6.45, 7) is 5.61. The first-order chi connectivity index (χ1) is 10.4. The largest absolute Gasteiger partial charge is 0.416 e. The third-order valence-electron chi connectivity index (χ3n) is 4.41. The van der Waals surface area contributed by atoms with Crippen LogP contribution in [0.3, 0.4) is 0 Å². The molecule has 23 heavy (non-hydrogen) atoms. The van der Waals surface area contributed by atoms with E-state index in [-0.39, 0.29) is 24.0 Å². The second-order valence-electron chi connectivity index (χ2n) is 6.70. The summed E-state index contributed by atoms with van der Waals surface area (Å²) < 4.78 is 65.5. The van der Waals surface area contributed by atoms with Crippen molar-refractivity contribution in [3.63, 3.8) is 0 Å². The number of aryl methyl sites for hydroxylation is 1. The Hall–Kier alpha value is -1.12. The lowest BCUT2D eigenvalue weighted by molar-refractivity contribution is -0.137. The molecule has 4 nitrogen and oxygen atoms in total. The maximum Gasteiger partial charge on any atom is 0.416 e. The fraction of sp³-hybridized carbons (Fsp3) is 0.600. The van der Waals surface area contributed by atoms with E-state index in [0.29, 0.717) is 18.1 Å². The Labute approximate surface area is 134 Å². The normalized spacial score (nSPS) is 23.0. The highest BCUT2D eigenvalue weighted by Crippen LogP contribution is 2.35. The number of nitrogens with zero attached hydrogens (tertiary/aromatic N) is 1. The van der Waals surface area contributed by atoms with E-state index in [0.717, 1.165) is 6.07 Å². The Morgan fingerprint density at radius 2 is 1.91 bits per heavy atom. The van der Waals surface area contributed by atoms with E-state index in [1.165, 1.54) is 17.3 Å². The predicted octanol–water partition coefficient (Wildman–Crippen LogP) is 2.76. The molecule has 0 radical (unpaired) electrons. The van der Waals surface area contributed by atoms with Crippen molar-refractivity contribution >= 4 is 10.0 Å². The molecular formula is C15H21F3N2O2S. The zero-order valence-corrected chi connectivity index (χ0v) is 14.1. The van der Waals surface area contributed by atoms with Gasteiger partial charge in [-0.15, -0.1) is 0 Å². The Bertz CT molecular complexity index is 699. The number of rotatable bonds is 2. The Morgan fingerprint density at radius 1 is 1.30 bits per heavy atom. The van der Waals surface area contributed by atoms with Crippen LogP contribution in [0.4, 0.5) is 13.2 Å². The molecule has 1 aliphatic rings. The number of hydrogen-bond acceptors (Lipinski definition) is 3. The molecule has 2 rings (SSSR count). The summed E-state index contributed by atoms with van der Waals surface area (Å²) in [6.07, 6.45) is -4.11. The molecule has 0 saturated carbocycles. The van der Waals surface area contributed by atoms with Crippen LogP contribution in [0.25, 0.3) is 0 Å². The van der Waals surface area contributed by atoms with Crippen molar-refractivity contribution in [3.05, 3.63) is 29.3 Å². The molecule has 1 aliphatic heterocycles. The molecule has 1 heterocycles. The highest BCUT2D eigenvalue weighted by atomic mass is 32.2. The van der Waals surface area contributed by atoms with Gasteiger partial charge in [0, 0.05) is 19.1 Å². The number of benzene rings is 1. The first-order valence-corrected chi connectivity index (χ1v) is 8.73. The number of piperidine rings is 1. The Kier molecular flexibility index (Phi) is 4.56. The summed E-state index contributed by atoms with van der Waals surface area (Å²) >= 11 is 0. The summed E-state index contributed by atoms with van der Waals surface area (Å²) in [4.78, 5) is -0.293. The van der Waals surface area contributed by atoms with E-state index in [1.807, 2.05) is 13.8 Å². The average Bonchev–Trinajstić information content (AvgIpc) is 2.40. The molecule has 1 unspecified atom stereocenters. The van der Waals surface area contributed by atoms with Crippen molar-refractivity contribution in [2.45, 2.75) is 44.3 Å². The van der Waals surface area contributed by atoms with Crippen LogP contribution in [-0.4, -0.2) is 31.9 Å². The molecule has 0 aliphatic carbocycles. The van der Waals surface area contributed by atoms with Crippen molar-refractivity contribution in [3.8, 4) is 0 Å². The fourth-order valence-electron chi connectivity index (χ4n) is 2.72. The molecule has 1 aromatic carbocycles. The summed E-state index contributed by atoms with van der Waals surface area (Å²) in [5.74, 6) is 0. The SMILES string of the molecule is Cc1ccc(C(F)(F)F)cc1S(=O)(=O)N1CCC(N)C(C)(C)C1. The molecule has 8 heteroatoms. The van der Waals surface area contributed by atoms with Crippen LogP contribution in [0.1, 0.15) is 31.4 Å². The highest BCUT2D eigenvalue weighted by molar-refractivity contribution is 7.89. The minimum absolute atomic E-state index is 0.142. The van der Waals surface area contributed by atoms with E-state index in [9.17, 15) is 21.6 Å². The lowest BCUT2D eigenvalue weighted by Gasteiger charge is -2.41. The Balaban J connectivity index is 2.44. The number of nitrogens with two attached hydrogens (primary N) is 1. The van der Waals surface area contributed by atoms with Crippen LogP contribution in [0, 0.1) is 12.3 Å². The van der Waals surface area contributed by atoms with Gasteiger partial charge in [0.15, 0.2) is 0 Å². The van der Waals surface area contributed by atoms with Gasteiger partial charge >= 0.3 is 6.18 Å². The van der Waals surface area contributed by atoms with Crippen molar-refractivity contribution < 1.29 is 21.6 Å². The van der Waals surface area contributed by atoms with Gasteiger partial charge in [0.2, 0.25) is 10.0 Å². The molecule has 0 aromatic heterocycles. The first-order valence-electron chi connectivity index (χ1n) is 7.29. The molecule has 0 amide bonds. The minimum atomic E-state index is -4.58. The maximum atomic E-state index is 12.9. The third kappa shape index (κ3) is 3.54. The smallest absolute Gasteiger partial charge is 0.327 e. The van der Waals surface area contributed by atoms with Gasteiger partial charge in [-0.3, -0.25) is 0 Å². The fourth-order valence-corrected chi connectivity index (χ4v) is 4.60. The first kappa shape index (κ1) is 18.2. The van der Waals surface area contributed by atoms with Gasteiger partial charge in [-0.2, -0.15) is 17.5 Å². The monoisotopic (exact) mass is 350 g/mol. The van der Waals surface area contributed by atoms with Gasteiger partial charge < -0.3 is 5.73 Å². The zero-order valence-electron chi connectivity index (χ0n) is 13.3.